The molecule has 4 heterocycles. The Labute approximate surface area is 174 Å². The summed E-state index contributed by atoms with van der Waals surface area (Å²) in [6.07, 6.45) is 3.61. The van der Waals surface area contributed by atoms with E-state index in [0.717, 1.165) is 11.1 Å². The molecule has 2 saturated heterocycles. The van der Waals surface area contributed by atoms with Crippen molar-refractivity contribution in [1.82, 2.24) is 24.9 Å². The molecule has 2 amide bonds. The minimum absolute atomic E-state index is 0.0393. The van der Waals surface area contributed by atoms with Gasteiger partial charge in [0.15, 0.2) is 0 Å². The lowest BCUT2D eigenvalue weighted by Gasteiger charge is -2.31. The van der Waals surface area contributed by atoms with Crippen LogP contribution in [0.1, 0.15) is 23.3 Å². The summed E-state index contributed by atoms with van der Waals surface area (Å²) >= 11 is 0. The van der Waals surface area contributed by atoms with E-state index in [1.54, 1.807) is 6.20 Å². The zero-order valence-electron chi connectivity index (χ0n) is 16.6. The highest BCUT2D eigenvalue weighted by Crippen LogP contribution is 2.39. The quantitative estimate of drug-likeness (QED) is 0.666. The highest BCUT2D eigenvalue weighted by atomic mass is 16.5. The maximum Gasteiger partial charge on any atom is 0.320 e. The first-order valence-electron chi connectivity index (χ1n) is 10.2. The highest BCUT2D eigenvalue weighted by molar-refractivity contribution is 5.75. The summed E-state index contributed by atoms with van der Waals surface area (Å²) in [6.45, 7) is 3.53. The van der Waals surface area contributed by atoms with E-state index in [0.29, 0.717) is 51.1 Å². The Balaban J connectivity index is 1.42. The molecular weight excluding hydrogens is 382 g/mol. The molecule has 154 valence electrons. The summed E-state index contributed by atoms with van der Waals surface area (Å²) in [5.74, 6) is 1.09. The van der Waals surface area contributed by atoms with Crippen LogP contribution in [0.3, 0.4) is 0 Å². The number of ether oxygens (including phenoxy) is 1. The molecule has 2 aromatic heterocycles. The van der Waals surface area contributed by atoms with Crippen molar-refractivity contribution in [1.29, 1.82) is 0 Å². The molecule has 0 spiro atoms. The predicted molar refractivity (Wildman–Crippen MR) is 109 cm³/mol. The number of morpholine rings is 1. The molecule has 0 bridgehead atoms. The van der Waals surface area contributed by atoms with Gasteiger partial charge in [-0.05, 0) is 11.6 Å². The zero-order chi connectivity index (χ0) is 20.3. The average molecular weight is 405 g/mol. The van der Waals surface area contributed by atoms with Gasteiger partial charge in [-0.15, -0.1) is 0 Å². The van der Waals surface area contributed by atoms with Crippen molar-refractivity contribution in [3.8, 4) is 11.4 Å². The van der Waals surface area contributed by atoms with Crippen LogP contribution in [0, 0.1) is 0 Å². The van der Waals surface area contributed by atoms with E-state index in [2.05, 4.69) is 15.1 Å². The van der Waals surface area contributed by atoms with Crippen molar-refractivity contribution in [3.63, 3.8) is 0 Å². The molecule has 3 aromatic rings. The SMILES string of the molecule is O=C(N1CCOCC1)N1C[C@@H](c2cccnc2)[C@H](c2nc(-c3ccccc3)no2)C1. The molecule has 30 heavy (non-hydrogen) atoms. The van der Waals surface area contributed by atoms with Gasteiger partial charge in [-0.25, -0.2) is 4.79 Å². The molecule has 8 nitrogen and oxygen atoms in total. The fraction of sp³-hybridized carbons (Fsp3) is 0.364. The van der Waals surface area contributed by atoms with Crippen molar-refractivity contribution in [2.45, 2.75) is 11.8 Å². The number of rotatable bonds is 3. The van der Waals surface area contributed by atoms with Gasteiger partial charge in [0.1, 0.15) is 0 Å². The van der Waals surface area contributed by atoms with Gasteiger partial charge < -0.3 is 19.1 Å². The van der Waals surface area contributed by atoms with Crippen molar-refractivity contribution in [2.24, 2.45) is 0 Å². The standard InChI is InChI=1S/C22H23N5O3/c28-22(26-9-11-29-12-10-26)27-14-18(17-7-4-8-23-13-17)19(15-27)21-24-20(25-30-21)16-5-2-1-3-6-16/h1-8,13,18-19H,9-12,14-15H2/t18-,19+/m0/s1. The van der Waals surface area contributed by atoms with Crippen LogP contribution in [-0.2, 0) is 4.74 Å². The van der Waals surface area contributed by atoms with Crippen LogP contribution >= 0.6 is 0 Å². The molecule has 0 radical (unpaired) electrons. The summed E-state index contributed by atoms with van der Waals surface area (Å²) in [6, 6.07) is 13.8. The van der Waals surface area contributed by atoms with Gasteiger partial charge in [0.05, 0.1) is 19.1 Å². The molecule has 2 aliphatic rings. The summed E-state index contributed by atoms with van der Waals surface area (Å²) in [4.78, 5) is 25.8. The van der Waals surface area contributed by atoms with E-state index in [9.17, 15) is 4.79 Å². The van der Waals surface area contributed by atoms with Crippen LogP contribution in [0.15, 0.2) is 59.4 Å². The van der Waals surface area contributed by atoms with E-state index in [-0.39, 0.29) is 17.9 Å². The number of urea groups is 1. The number of carbonyl (C=O) groups excluding carboxylic acids is 1. The second kappa shape index (κ2) is 8.23. The first kappa shape index (κ1) is 18.7. The first-order chi connectivity index (χ1) is 14.8. The van der Waals surface area contributed by atoms with Gasteiger partial charge in [0.2, 0.25) is 11.7 Å². The van der Waals surface area contributed by atoms with Crippen molar-refractivity contribution in [3.05, 3.63) is 66.3 Å². The number of amides is 2. The third kappa shape index (κ3) is 3.66. The van der Waals surface area contributed by atoms with E-state index in [1.165, 1.54) is 0 Å². The number of likely N-dealkylation sites (tertiary alicyclic amines) is 1. The van der Waals surface area contributed by atoms with Crippen molar-refractivity contribution >= 4 is 6.03 Å². The lowest BCUT2D eigenvalue weighted by molar-refractivity contribution is 0.0449. The maximum atomic E-state index is 13.1. The third-order valence-electron chi connectivity index (χ3n) is 5.78. The smallest absolute Gasteiger partial charge is 0.320 e. The van der Waals surface area contributed by atoms with Crippen LogP contribution in [-0.4, -0.2) is 70.3 Å². The molecule has 0 N–H and O–H groups in total. The van der Waals surface area contributed by atoms with E-state index in [4.69, 9.17) is 9.26 Å². The summed E-state index contributed by atoms with van der Waals surface area (Å²) in [5.41, 5.74) is 1.98. The van der Waals surface area contributed by atoms with Gasteiger partial charge in [-0.1, -0.05) is 41.6 Å². The van der Waals surface area contributed by atoms with Gasteiger partial charge in [-0.2, -0.15) is 4.98 Å². The van der Waals surface area contributed by atoms with Crippen LogP contribution in [0.25, 0.3) is 11.4 Å². The average Bonchev–Trinajstić information content (AvgIpc) is 3.48. The number of hydrogen-bond acceptors (Lipinski definition) is 6. The number of hydrogen-bond donors (Lipinski definition) is 0. The Morgan fingerprint density at radius 1 is 0.967 bits per heavy atom. The van der Waals surface area contributed by atoms with Crippen LogP contribution in [0.2, 0.25) is 0 Å². The maximum absolute atomic E-state index is 13.1. The topological polar surface area (TPSA) is 84.6 Å². The van der Waals surface area contributed by atoms with Crippen molar-refractivity contribution in [2.75, 3.05) is 39.4 Å². The molecule has 0 aliphatic carbocycles. The molecule has 8 heteroatoms. The Hall–Kier alpha value is -3.26. The summed E-state index contributed by atoms with van der Waals surface area (Å²) < 4.78 is 11.1. The predicted octanol–water partition coefficient (Wildman–Crippen LogP) is 2.77. The van der Waals surface area contributed by atoms with Crippen molar-refractivity contribution < 1.29 is 14.1 Å². The fourth-order valence-electron chi connectivity index (χ4n) is 4.19. The highest BCUT2D eigenvalue weighted by Gasteiger charge is 2.41. The van der Waals surface area contributed by atoms with Crippen LogP contribution in [0.4, 0.5) is 4.79 Å². The number of nitrogens with zero attached hydrogens (tertiary/aromatic N) is 5. The van der Waals surface area contributed by atoms with E-state index in [1.807, 2.05) is 58.5 Å². The Morgan fingerprint density at radius 2 is 1.77 bits per heavy atom. The number of carbonyl (C=O) groups is 1. The number of benzene rings is 1. The normalized spacial score (nSPS) is 21.7. The van der Waals surface area contributed by atoms with Gasteiger partial charge in [0.25, 0.3) is 0 Å². The van der Waals surface area contributed by atoms with Crippen LogP contribution < -0.4 is 0 Å². The second-order valence-corrected chi connectivity index (χ2v) is 7.61. The minimum atomic E-state index is -0.0795. The zero-order valence-corrected chi connectivity index (χ0v) is 16.6. The molecule has 5 rings (SSSR count). The number of pyridine rings is 1. The molecule has 2 fully saturated rings. The molecular formula is C22H23N5O3. The molecule has 0 saturated carbocycles. The van der Waals surface area contributed by atoms with Gasteiger partial charge in [0, 0.05) is 50.1 Å². The first-order valence-corrected chi connectivity index (χ1v) is 10.2. The Bertz CT molecular complexity index is 988. The fourth-order valence-corrected chi connectivity index (χ4v) is 4.19. The number of aromatic nitrogens is 3. The van der Waals surface area contributed by atoms with E-state index >= 15 is 0 Å². The van der Waals surface area contributed by atoms with Gasteiger partial charge in [-0.3, -0.25) is 4.98 Å². The summed E-state index contributed by atoms with van der Waals surface area (Å²) in [7, 11) is 0. The van der Waals surface area contributed by atoms with E-state index < -0.39 is 0 Å². The lowest BCUT2D eigenvalue weighted by Crippen LogP contribution is -2.47. The molecule has 2 aliphatic heterocycles. The third-order valence-corrected chi connectivity index (χ3v) is 5.78. The summed E-state index contributed by atoms with van der Waals surface area (Å²) in [5, 5.41) is 4.19. The lowest BCUT2D eigenvalue weighted by atomic mass is 9.90. The molecule has 0 unspecified atom stereocenters. The molecule has 2 atom stereocenters. The largest absolute Gasteiger partial charge is 0.378 e. The molecule has 1 aromatic carbocycles. The monoisotopic (exact) mass is 405 g/mol. The van der Waals surface area contributed by atoms with Gasteiger partial charge >= 0.3 is 6.03 Å². The van der Waals surface area contributed by atoms with Crippen LogP contribution in [0.5, 0.6) is 0 Å². The second-order valence-electron chi connectivity index (χ2n) is 7.61. The minimum Gasteiger partial charge on any atom is -0.378 e. The Morgan fingerprint density at radius 3 is 2.53 bits per heavy atom. The Kier molecular flexibility index (Phi) is 5.15.